The van der Waals surface area contributed by atoms with E-state index in [2.05, 4.69) is 6.92 Å². The first-order valence-electron chi connectivity index (χ1n) is 9.75. The maximum Gasteiger partial charge on any atom is 0.302 e. The topological polar surface area (TPSA) is 63.6 Å². The van der Waals surface area contributed by atoms with Gasteiger partial charge in [0.05, 0.1) is 11.0 Å². The highest BCUT2D eigenvalue weighted by Crippen LogP contribution is 2.62. The van der Waals surface area contributed by atoms with Gasteiger partial charge >= 0.3 is 5.97 Å². The second-order valence-corrected chi connectivity index (χ2v) is 9.39. The van der Waals surface area contributed by atoms with E-state index in [1.165, 1.54) is 6.92 Å². The molecular weight excluding hydrogens is 328 g/mol. The second kappa shape index (κ2) is 6.05. The number of ether oxygens (including phenoxy) is 1. The minimum atomic E-state index is -0.909. The van der Waals surface area contributed by atoms with Gasteiger partial charge in [0.15, 0.2) is 0 Å². The number of rotatable bonds is 2. The molecule has 0 aromatic rings. The molecule has 2 fully saturated rings. The molecule has 0 bridgehead atoms. The Kier molecular flexibility index (Phi) is 4.50. The quantitative estimate of drug-likeness (QED) is 0.760. The van der Waals surface area contributed by atoms with Gasteiger partial charge < -0.3 is 9.84 Å². The summed E-state index contributed by atoms with van der Waals surface area (Å²) >= 11 is 0. The molecule has 26 heavy (non-hydrogen) atoms. The molecule has 3 rings (SSSR count). The lowest BCUT2D eigenvalue weighted by atomic mass is 9.62. The molecule has 0 radical (unpaired) electrons. The van der Waals surface area contributed by atoms with Gasteiger partial charge in [-0.1, -0.05) is 44.6 Å². The van der Waals surface area contributed by atoms with Gasteiger partial charge in [0.25, 0.3) is 0 Å². The molecule has 4 heteroatoms. The Balaban J connectivity index is 2.20. The molecule has 0 amide bonds. The fraction of sp³-hybridized carbons (Fsp3) is 0.727. The fourth-order valence-electron chi connectivity index (χ4n) is 5.90. The molecule has 4 nitrogen and oxygen atoms in total. The summed E-state index contributed by atoms with van der Waals surface area (Å²) in [6.07, 6.45) is 7.21. The molecule has 0 unspecified atom stereocenters. The SMILES string of the molecule is CC(=O)O[C@H]1[C@@H]2C(C)=CC=C[C@@]2(C)C(=O)C[C@@H]2[C@]1(C)CC[C@@]2(O)C(C)C. The van der Waals surface area contributed by atoms with Crippen molar-refractivity contribution in [2.24, 2.45) is 28.6 Å². The summed E-state index contributed by atoms with van der Waals surface area (Å²) in [6.45, 7) is 11.6. The van der Waals surface area contributed by atoms with Gasteiger partial charge in [0.1, 0.15) is 11.9 Å². The highest BCUT2D eigenvalue weighted by Gasteiger charge is 2.66. The Morgan fingerprint density at radius 1 is 1.31 bits per heavy atom. The molecule has 3 aliphatic carbocycles. The van der Waals surface area contributed by atoms with E-state index in [4.69, 9.17) is 4.74 Å². The third-order valence-corrected chi connectivity index (χ3v) is 7.64. The van der Waals surface area contributed by atoms with E-state index in [0.717, 1.165) is 12.0 Å². The highest BCUT2D eigenvalue weighted by molar-refractivity contribution is 5.88. The molecule has 144 valence electrons. The van der Waals surface area contributed by atoms with Crippen molar-refractivity contribution in [2.75, 3.05) is 0 Å². The van der Waals surface area contributed by atoms with Crippen molar-refractivity contribution >= 4 is 11.8 Å². The minimum absolute atomic E-state index is 0.0419. The zero-order valence-electron chi connectivity index (χ0n) is 16.8. The zero-order valence-corrected chi connectivity index (χ0v) is 16.8. The van der Waals surface area contributed by atoms with Crippen LogP contribution in [0.4, 0.5) is 0 Å². The molecule has 3 aliphatic rings. The Bertz CT molecular complexity index is 690. The van der Waals surface area contributed by atoms with Crippen LogP contribution in [0.15, 0.2) is 23.8 Å². The monoisotopic (exact) mass is 360 g/mol. The van der Waals surface area contributed by atoms with Crippen LogP contribution in [0, 0.1) is 28.6 Å². The number of Topliss-reactive ketones (excluding diaryl/α,β-unsaturated/α-hetero) is 1. The molecule has 0 heterocycles. The first-order valence-corrected chi connectivity index (χ1v) is 9.75. The summed E-state index contributed by atoms with van der Waals surface area (Å²) < 4.78 is 5.94. The van der Waals surface area contributed by atoms with Crippen molar-refractivity contribution in [3.63, 3.8) is 0 Å². The Morgan fingerprint density at radius 3 is 2.54 bits per heavy atom. The molecular formula is C22H32O4. The van der Waals surface area contributed by atoms with Crippen LogP contribution in [-0.2, 0) is 14.3 Å². The lowest BCUT2D eigenvalue weighted by Gasteiger charge is -2.46. The summed E-state index contributed by atoms with van der Waals surface area (Å²) in [7, 11) is 0. The van der Waals surface area contributed by atoms with Gasteiger partial charge in [-0.25, -0.2) is 0 Å². The number of ketones is 1. The molecule has 0 spiro atoms. The second-order valence-electron chi connectivity index (χ2n) is 9.39. The van der Waals surface area contributed by atoms with Gasteiger partial charge in [0, 0.05) is 30.6 Å². The van der Waals surface area contributed by atoms with E-state index in [-0.39, 0.29) is 29.5 Å². The Morgan fingerprint density at radius 2 is 1.96 bits per heavy atom. The van der Waals surface area contributed by atoms with E-state index in [0.29, 0.717) is 12.8 Å². The summed E-state index contributed by atoms with van der Waals surface area (Å²) in [6, 6.07) is 0. The number of hydrogen-bond acceptors (Lipinski definition) is 4. The lowest BCUT2D eigenvalue weighted by molar-refractivity contribution is -0.164. The normalized spacial score (nSPS) is 45.0. The number of esters is 1. The maximum absolute atomic E-state index is 13.4. The summed E-state index contributed by atoms with van der Waals surface area (Å²) in [5.74, 6) is -0.545. The maximum atomic E-state index is 13.4. The molecule has 0 aliphatic heterocycles. The number of allylic oxidation sites excluding steroid dienone is 3. The third kappa shape index (κ3) is 2.52. The average Bonchev–Trinajstić information content (AvgIpc) is 2.76. The van der Waals surface area contributed by atoms with Crippen molar-refractivity contribution in [1.29, 1.82) is 0 Å². The van der Waals surface area contributed by atoms with Gasteiger partial charge in [-0.3, -0.25) is 9.59 Å². The average molecular weight is 360 g/mol. The van der Waals surface area contributed by atoms with E-state index >= 15 is 0 Å². The minimum Gasteiger partial charge on any atom is -0.461 e. The first kappa shape index (κ1) is 19.3. The largest absolute Gasteiger partial charge is 0.461 e. The van der Waals surface area contributed by atoms with Gasteiger partial charge in [-0.05, 0) is 32.6 Å². The predicted molar refractivity (Wildman–Crippen MR) is 100 cm³/mol. The molecule has 6 atom stereocenters. The number of carbonyl (C=O) groups is 2. The van der Waals surface area contributed by atoms with E-state index in [1.807, 2.05) is 45.9 Å². The van der Waals surface area contributed by atoms with Crippen molar-refractivity contribution in [3.8, 4) is 0 Å². The lowest BCUT2D eigenvalue weighted by Crippen LogP contribution is -2.50. The van der Waals surface area contributed by atoms with Crippen LogP contribution in [0.5, 0.6) is 0 Å². The number of aliphatic hydroxyl groups is 1. The molecule has 2 saturated carbocycles. The molecule has 0 aromatic heterocycles. The Labute approximate surface area is 156 Å². The van der Waals surface area contributed by atoms with Crippen molar-refractivity contribution < 1.29 is 19.4 Å². The summed E-state index contributed by atoms with van der Waals surface area (Å²) in [4.78, 5) is 25.4. The van der Waals surface area contributed by atoms with Crippen LogP contribution in [-0.4, -0.2) is 28.6 Å². The third-order valence-electron chi connectivity index (χ3n) is 7.64. The van der Waals surface area contributed by atoms with Crippen molar-refractivity contribution in [1.82, 2.24) is 0 Å². The molecule has 0 aromatic carbocycles. The van der Waals surface area contributed by atoms with Crippen LogP contribution in [0.3, 0.4) is 0 Å². The summed E-state index contributed by atoms with van der Waals surface area (Å²) in [5, 5.41) is 11.5. The van der Waals surface area contributed by atoms with Crippen LogP contribution in [0.25, 0.3) is 0 Å². The van der Waals surface area contributed by atoms with E-state index < -0.39 is 22.5 Å². The van der Waals surface area contributed by atoms with Gasteiger partial charge in [-0.2, -0.15) is 0 Å². The number of carbonyl (C=O) groups excluding carboxylic acids is 2. The van der Waals surface area contributed by atoms with Crippen LogP contribution < -0.4 is 0 Å². The van der Waals surface area contributed by atoms with E-state index in [9.17, 15) is 14.7 Å². The van der Waals surface area contributed by atoms with Crippen LogP contribution >= 0.6 is 0 Å². The molecule has 0 saturated heterocycles. The standard InChI is InChI=1S/C22H32O4/c1-13(2)22(25)11-10-20(5)16(22)12-17(24)21(6)9-7-8-14(3)18(21)19(20)26-15(4)23/h7-9,13,16,18-19,25H,10-12H2,1-6H3/t16-,18+,19+,20+,21+,22-/m1/s1. The predicted octanol–water partition coefficient (Wildman–Crippen LogP) is 3.83. The number of hydrogen-bond donors (Lipinski definition) is 1. The van der Waals surface area contributed by atoms with Crippen LogP contribution in [0.1, 0.15) is 60.8 Å². The van der Waals surface area contributed by atoms with Crippen molar-refractivity contribution in [2.45, 2.75) is 72.5 Å². The molecule has 1 N–H and O–H groups in total. The Hall–Kier alpha value is -1.42. The van der Waals surface area contributed by atoms with Gasteiger partial charge in [0.2, 0.25) is 0 Å². The number of fused-ring (bicyclic) bond motifs is 2. The van der Waals surface area contributed by atoms with Gasteiger partial charge in [-0.15, -0.1) is 0 Å². The zero-order chi connectivity index (χ0) is 19.5. The fourth-order valence-corrected chi connectivity index (χ4v) is 5.90. The summed E-state index contributed by atoms with van der Waals surface area (Å²) in [5.41, 5.74) is -0.974. The smallest absolute Gasteiger partial charge is 0.302 e. The first-order chi connectivity index (χ1) is 12.0. The van der Waals surface area contributed by atoms with Crippen molar-refractivity contribution in [3.05, 3.63) is 23.8 Å². The van der Waals surface area contributed by atoms with Crippen LogP contribution in [0.2, 0.25) is 0 Å². The highest BCUT2D eigenvalue weighted by atomic mass is 16.5. The van der Waals surface area contributed by atoms with E-state index in [1.54, 1.807) is 0 Å².